The molecule has 6 nitrogen and oxygen atoms in total. The van der Waals surface area contributed by atoms with Crippen LogP contribution in [0.2, 0.25) is 0 Å². The maximum atomic E-state index is 10.5. The predicted molar refractivity (Wildman–Crippen MR) is 67.7 cm³/mol. The number of anilines is 1. The summed E-state index contributed by atoms with van der Waals surface area (Å²) >= 11 is 0. The van der Waals surface area contributed by atoms with Gasteiger partial charge in [-0.15, -0.1) is 0 Å². The molecule has 1 aromatic heterocycles. The van der Waals surface area contributed by atoms with E-state index in [2.05, 4.69) is 10.3 Å². The molecule has 0 spiro atoms. The zero-order valence-corrected chi connectivity index (χ0v) is 10.7. The number of amides is 1. The van der Waals surface area contributed by atoms with Gasteiger partial charge in [-0.1, -0.05) is 0 Å². The van der Waals surface area contributed by atoms with E-state index in [4.69, 9.17) is 5.73 Å². The fourth-order valence-corrected chi connectivity index (χ4v) is 1.62. The summed E-state index contributed by atoms with van der Waals surface area (Å²) in [5, 5.41) is 3.26. The van der Waals surface area contributed by atoms with Crippen LogP contribution in [0, 0.1) is 0 Å². The topological polar surface area (TPSA) is 76.2 Å². The van der Waals surface area contributed by atoms with Crippen molar-refractivity contribution in [2.24, 2.45) is 12.8 Å². The van der Waals surface area contributed by atoms with Crippen LogP contribution in [-0.2, 0) is 18.4 Å². The first-order valence-corrected chi connectivity index (χ1v) is 5.69. The summed E-state index contributed by atoms with van der Waals surface area (Å²) < 4.78 is 2.04. The number of nitrogens with zero attached hydrogens (tertiary/aromatic N) is 3. The molecular weight excluding hydrogens is 218 g/mol. The molecule has 1 aromatic rings. The highest BCUT2D eigenvalue weighted by Crippen LogP contribution is 2.10. The summed E-state index contributed by atoms with van der Waals surface area (Å²) in [6.07, 6.45) is 3.06. The Balaban J connectivity index is 2.34. The molecule has 0 saturated heterocycles. The number of imidazole rings is 1. The smallest absolute Gasteiger partial charge is 0.217 e. The fraction of sp³-hybridized carbons (Fsp3) is 0.636. The number of nitrogens with two attached hydrogens (primary N) is 1. The van der Waals surface area contributed by atoms with Crippen LogP contribution >= 0.6 is 0 Å². The maximum absolute atomic E-state index is 10.5. The number of aromatic nitrogens is 2. The van der Waals surface area contributed by atoms with Crippen LogP contribution in [0.4, 0.5) is 5.95 Å². The van der Waals surface area contributed by atoms with E-state index in [0.717, 1.165) is 31.2 Å². The molecule has 1 amide bonds. The van der Waals surface area contributed by atoms with Crippen LogP contribution in [0.5, 0.6) is 0 Å². The van der Waals surface area contributed by atoms with Crippen molar-refractivity contribution >= 4 is 11.9 Å². The second kappa shape index (κ2) is 6.24. The first-order chi connectivity index (χ1) is 8.02. The molecule has 0 aliphatic rings. The molecule has 0 aromatic carbocycles. The Labute approximate surface area is 102 Å². The summed E-state index contributed by atoms with van der Waals surface area (Å²) in [6.45, 7) is 1.53. The van der Waals surface area contributed by atoms with Gasteiger partial charge in [0.05, 0.1) is 11.9 Å². The molecule has 0 atom stereocenters. The molecule has 0 fully saturated rings. The van der Waals surface area contributed by atoms with Gasteiger partial charge in [-0.25, -0.2) is 4.98 Å². The zero-order chi connectivity index (χ0) is 12.8. The molecule has 0 radical (unpaired) electrons. The summed E-state index contributed by atoms with van der Waals surface area (Å²) in [7, 11) is 5.92. The zero-order valence-electron chi connectivity index (χ0n) is 10.7. The molecule has 1 heterocycles. The lowest BCUT2D eigenvalue weighted by atomic mass is 10.3. The first-order valence-electron chi connectivity index (χ1n) is 5.69. The van der Waals surface area contributed by atoms with Crippen LogP contribution in [0.3, 0.4) is 0 Å². The molecule has 1 rings (SSSR count). The van der Waals surface area contributed by atoms with Crippen molar-refractivity contribution in [1.29, 1.82) is 0 Å². The number of rotatable bonds is 7. The normalized spacial score (nSPS) is 10.5. The summed E-state index contributed by atoms with van der Waals surface area (Å²) in [5.74, 6) is 0.682. The lowest BCUT2D eigenvalue weighted by Crippen LogP contribution is -2.20. The third-order valence-electron chi connectivity index (χ3n) is 2.54. The van der Waals surface area contributed by atoms with Crippen molar-refractivity contribution in [2.45, 2.75) is 19.4 Å². The van der Waals surface area contributed by atoms with Crippen LogP contribution in [-0.4, -0.2) is 36.1 Å². The van der Waals surface area contributed by atoms with Gasteiger partial charge < -0.3 is 20.5 Å². The van der Waals surface area contributed by atoms with Gasteiger partial charge in [-0.3, -0.25) is 4.79 Å². The number of hydrogen-bond acceptors (Lipinski definition) is 4. The van der Waals surface area contributed by atoms with E-state index in [-0.39, 0.29) is 5.91 Å². The molecule has 0 aliphatic carbocycles. The third-order valence-corrected chi connectivity index (χ3v) is 2.54. The minimum Gasteiger partial charge on any atom is -0.370 e. The van der Waals surface area contributed by atoms with Crippen molar-refractivity contribution in [3.05, 3.63) is 11.9 Å². The van der Waals surface area contributed by atoms with Gasteiger partial charge >= 0.3 is 0 Å². The van der Waals surface area contributed by atoms with E-state index in [1.165, 1.54) is 0 Å². The second-order valence-corrected chi connectivity index (χ2v) is 4.25. The van der Waals surface area contributed by atoms with Crippen LogP contribution < -0.4 is 16.0 Å². The highest BCUT2D eigenvalue weighted by molar-refractivity contribution is 5.73. The Hall–Kier alpha value is -1.56. The highest BCUT2D eigenvalue weighted by atomic mass is 16.1. The SMILES string of the molecule is CN(C)c1ncc(CNCCCC(N)=O)n1C. The van der Waals surface area contributed by atoms with Gasteiger partial charge in [-0.2, -0.15) is 0 Å². The lowest BCUT2D eigenvalue weighted by Gasteiger charge is -2.12. The number of carbonyl (C=O) groups excluding carboxylic acids is 1. The number of hydrogen-bond donors (Lipinski definition) is 2. The van der Waals surface area contributed by atoms with Gasteiger partial charge in [-0.05, 0) is 13.0 Å². The molecule has 0 unspecified atom stereocenters. The molecule has 0 bridgehead atoms. The van der Waals surface area contributed by atoms with E-state index in [1.54, 1.807) is 0 Å². The molecule has 96 valence electrons. The Morgan fingerprint density at radius 2 is 2.29 bits per heavy atom. The van der Waals surface area contributed by atoms with E-state index in [9.17, 15) is 4.79 Å². The molecule has 3 N–H and O–H groups in total. The summed E-state index contributed by atoms with van der Waals surface area (Å²) in [4.78, 5) is 16.8. The summed E-state index contributed by atoms with van der Waals surface area (Å²) in [6, 6.07) is 0. The average Bonchev–Trinajstić information content (AvgIpc) is 2.59. The van der Waals surface area contributed by atoms with Gasteiger partial charge in [0.25, 0.3) is 0 Å². The van der Waals surface area contributed by atoms with Gasteiger partial charge in [0.1, 0.15) is 0 Å². The van der Waals surface area contributed by atoms with Crippen molar-refractivity contribution in [2.75, 3.05) is 25.5 Å². The fourth-order valence-electron chi connectivity index (χ4n) is 1.62. The standard InChI is InChI=1S/C11H21N5O/c1-15(2)11-14-8-9(16(11)3)7-13-6-4-5-10(12)17/h8,13H,4-7H2,1-3H3,(H2,12,17). The summed E-state index contributed by atoms with van der Waals surface area (Å²) in [5.41, 5.74) is 6.18. The number of nitrogens with one attached hydrogen (secondary N) is 1. The largest absolute Gasteiger partial charge is 0.370 e. The quantitative estimate of drug-likeness (QED) is 0.648. The minimum absolute atomic E-state index is 0.248. The average molecular weight is 239 g/mol. The van der Waals surface area contributed by atoms with Crippen molar-refractivity contribution < 1.29 is 4.79 Å². The number of carbonyl (C=O) groups is 1. The van der Waals surface area contributed by atoms with Crippen molar-refractivity contribution in [3.63, 3.8) is 0 Å². The molecule has 17 heavy (non-hydrogen) atoms. The van der Waals surface area contributed by atoms with Crippen molar-refractivity contribution in [3.8, 4) is 0 Å². The van der Waals surface area contributed by atoms with E-state index in [0.29, 0.717) is 6.42 Å². The third kappa shape index (κ3) is 4.07. The molecule has 0 aliphatic heterocycles. The Morgan fingerprint density at radius 3 is 2.82 bits per heavy atom. The van der Waals surface area contributed by atoms with Gasteiger partial charge in [0, 0.05) is 34.1 Å². The Bertz CT molecular complexity index is 372. The van der Waals surface area contributed by atoms with Gasteiger partial charge in [0.15, 0.2) is 0 Å². The van der Waals surface area contributed by atoms with Crippen LogP contribution in [0.15, 0.2) is 6.20 Å². The van der Waals surface area contributed by atoms with E-state index < -0.39 is 0 Å². The van der Waals surface area contributed by atoms with Crippen LogP contribution in [0.25, 0.3) is 0 Å². The first kappa shape index (κ1) is 13.5. The minimum atomic E-state index is -0.248. The second-order valence-electron chi connectivity index (χ2n) is 4.25. The molecular formula is C11H21N5O. The lowest BCUT2D eigenvalue weighted by molar-refractivity contribution is -0.118. The maximum Gasteiger partial charge on any atom is 0.217 e. The molecule has 0 saturated carbocycles. The van der Waals surface area contributed by atoms with Crippen LogP contribution in [0.1, 0.15) is 18.5 Å². The monoisotopic (exact) mass is 239 g/mol. The highest BCUT2D eigenvalue weighted by Gasteiger charge is 2.07. The van der Waals surface area contributed by atoms with E-state index in [1.807, 2.05) is 36.8 Å². The Morgan fingerprint density at radius 1 is 1.59 bits per heavy atom. The molecule has 6 heteroatoms. The Kier molecular flexibility index (Phi) is 4.96. The van der Waals surface area contributed by atoms with E-state index >= 15 is 0 Å². The van der Waals surface area contributed by atoms with Crippen molar-refractivity contribution in [1.82, 2.24) is 14.9 Å². The van der Waals surface area contributed by atoms with Gasteiger partial charge in [0.2, 0.25) is 11.9 Å². The number of primary amides is 1. The predicted octanol–water partition coefficient (Wildman–Crippen LogP) is -0.159.